The molecular weight excluding hydrogens is 489 g/mol. The Hall–Kier alpha value is -1.68. The first-order valence-corrected chi connectivity index (χ1v) is 9.82. The van der Waals surface area contributed by atoms with E-state index in [0.717, 1.165) is 24.5 Å². The second kappa shape index (κ2) is 12.0. The lowest BCUT2D eigenvalue weighted by atomic mass is 10.2. The fourth-order valence-corrected chi connectivity index (χ4v) is 3.73. The Bertz CT molecular complexity index is 755. The van der Waals surface area contributed by atoms with Crippen molar-refractivity contribution in [3.8, 4) is 17.2 Å². The van der Waals surface area contributed by atoms with Gasteiger partial charge in [-0.1, -0.05) is 0 Å². The van der Waals surface area contributed by atoms with E-state index in [1.165, 1.54) is 24.0 Å². The highest BCUT2D eigenvalue weighted by Gasteiger charge is 2.12. The summed E-state index contributed by atoms with van der Waals surface area (Å²) in [7, 11) is 3.03. The number of benzene rings is 1. The van der Waals surface area contributed by atoms with E-state index in [1.54, 1.807) is 12.1 Å². The molecule has 3 N–H and O–H groups in total. The number of methoxy groups -OCH3 is 2. The predicted molar refractivity (Wildman–Crippen MR) is 127 cm³/mol. The molecule has 1 aromatic carbocycles. The van der Waals surface area contributed by atoms with Crippen LogP contribution in [0.25, 0.3) is 0 Å². The molecule has 2 rings (SSSR count). The van der Waals surface area contributed by atoms with E-state index in [0.29, 0.717) is 18.0 Å². The lowest BCUT2D eigenvalue weighted by Gasteiger charge is -2.17. The van der Waals surface area contributed by atoms with Crippen molar-refractivity contribution >= 4 is 41.3 Å². The number of phenolic OH excluding ortho intramolecular Hbond substituents is 1. The number of rotatable bonds is 8. The number of nitrogens with zero attached hydrogens (tertiary/aromatic N) is 1. The summed E-state index contributed by atoms with van der Waals surface area (Å²) >= 11 is 1.82. The van der Waals surface area contributed by atoms with Crippen LogP contribution in [-0.2, 0) is 13.0 Å². The first-order valence-electron chi connectivity index (χ1n) is 9.00. The second-order valence-corrected chi connectivity index (χ2v) is 7.68. The smallest absolute Gasteiger partial charge is 0.200 e. The summed E-state index contributed by atoms with van der Waals surface area (Å²) in [5.74, 6) is 1.50. The van der Waals surface area contributed by atoms with Crippen molar-refractivity contribution in [3.05, 3.63) is 39.6 Å². The Kier molecular flexibility index (Phi) is 10.4. The minimum atomic E-state index is -0.00220. The molecule has 28 heavy (non-hydrogen) atoms. The number of guanidine groups is 1. The number of thiophene rings is 1. The Labute approximate surface area is 188 Å². The first kappa shape index (κ1) is 24.4. The predicted octanol–water partition coefficient (Wildman–Crippen LogP) is 4.08. The third-order valence-electron chi connectivity index (χ3n) is 3.99. The maximum atomic E-state index is 10.0. The van der Waals surface area contributed by atoms with Crippen LogP contribution in [0.4, 0.5) is 0 Å². The van der Waals surface area contributed by atoms with Crippen molar-refractivity contribution in [2.45, 2.75) is 39.8 Å². The highest BCUT2D eigenvalue weighted by molar-refractivity contribution is 14.0. The monoisotopic (exact) mass is 519 g/mol. The van der Waals surface area contributed by atoms with E-state index in [4.69, 9.17) is 9.47 Å². The van der Waals surface area contributed by atoms with Gasteiger partial charge in [-0.25, -0.2) is 4.99 Å². The highest BCUT2D eigenvalue weighted by Crippen LogP contribution is 2.37. The lowest BCUT2D eigenvalue weighted by molar-refractivity contribution is 0.339. The van der Waals surface area contributed by atoms with E-state index < -0.39 is 0 Å². The van der Waals surface area contributed by atoms with E-state index in [1.807, 2.05) is 18.3 Å². The largest absolute Gasteiger partial charge is 0.502 e. The molecule has 8 heteroatoms. The number of hydrogen-bond donors (Lipinski definition) is 3. The summed E-state index contributed by atoms with van der Waals surface area (Å²) in [6.45, 7) is 7.52. The Morgan fingerprint density at radius 1 is 1.21 bits per heavy atom. The summed E-state index contributed by atoms with van der Waals surface area (Å²) in [4.78, 5) is 7.34. The quantitative estimate of drug-likeness (QED) is 0.279. The molecule has 156 valence electrons. The summed E-state index contributed by atoms with van der Waals surface area (Å²) in [6, 6.07) is 8.12. The number of aromatic hydroxyl groups is 1. The minimum Gasteiger partial charge on any atom is -0.502 e. The van der Waals surface area contributed by atoms with Crippen LogP contribution in [0.5, 0.6) is 17.2 Å². The summed E-state index contributed by atoms with van der Waals surface area (Å²) < 4.78 is 10.4. The fourth-order valence-electron chi connectivity index (χ4n) is 2.71. The van der Waals surface area contributed by atoms with Gasteiger partial charge in [0.1, 0.15) is 0 Å². The molecule has 0 saturated carbocycles. The van der Waals surface area contributed by atoms with Crippen LogP contribution in [-0.4, -0.2) is 37.9 Å². The van der Waals surface area contributed by atoms with Gasteiger partial charge in [0.2, 0.25) is 5.75 Å². The number of halogens is 1. The van der Waals surface area contributed by atoms with Crippen molar-refractivity contribution in [3.63, 3.8) is 0 Å². The van der Waals surface area contributed by atoms with Gasteiger partial charge in [-0.05, 0) is 50.6 Å². The fraction of sp³-hybridized carbons (Fsp3) is 0.450. The molecule has 0 aliphatic heterocycles. The maximum Gasteiger partial charge on any atom is 0.200 e. The van der Waals surface area contributed by atoms with Gasteiger partial charge in [0.25, 0.3) is 0 Å². The Morgan fingerprint density at radius 3 is 2.36 bits per heavy atom. The molecule has 0 aliphatic rings. The van der Waals surface area contributed by atoms with Gasteiger partial charge in [0.15, 0.2) is 17.5 Å². The van der Waals surface area contributed by atoms with E-state index >= 15 is 0 Å². The highest BCUT2D eigenvalue weighted by atomic mass is 127. The summed E-state index contributed by atoms with van der Waals surface area (Å²) in [5, 5.41) is 16.7. The zero-order valence-electron chi connectivity index (χ0n) is 17.0. The van der Waals surface area contributed by atoms with Gasteiger partial charge in [0.05, 0.1) is 20.8 Å². The van der Waals surface area contributed by atoms with Gasteiger partial charge >= 0.3 is 0 Å². The molecule has 0 bridgehead atoms. The first-order chi connectivity index (χ1) is 13.0. The van der Waals surface area contributed by atoms with Crippen LogP contribution >= 0.6 is 35.3 Å². The normalized spacial score (nSPS) is 12.1. The van der Waals surface area contributed by atoms with Gasteiger partial charge < -0.3 is 25.2 Å². The number of aliphatic imine (C=N–C) groups is 1. The average molecular weight is 519 g/mol. The molecule has 0 amide bonds. The summed E-state index contributed by atoms with van der Waals surface area (Å²) in [5.41, 5.74) is 0.889. The molecular formula is C20H30IN3O3S. The van der Waals surface area contributed by atoms with Gasteiger partial charge in [-0.3, -0.25) is 0 Å². The van der Waals surface area contributed by atoms with Crippen LogP contribution < -0.4 is 20.1 Å². The van der Waals surface area contributed by atoms with Crippen LogP contribution in [0.3, 0.4) is 0 Å². The van der Waals surface area contributed by atoms with Gasteiger partial charge in [0, 0.05) is 28.8 Å². The molecule has 6 nitrogen and oxygen atoms in total. The number of phenols is 1. The van der Waals surface area contributed by atoms with Crippen LogP contribution in [0, 0.1) is 6.92 Å². The van der Waals surface area contributed by atoms with E-state index in [2.05, 4.69) is 41.6 Å². The molecule has 0 fully saturated rings. The Morgan fingerprint density at radius 2 is 1.86 bits per heavy atom. The van der Waals surface area contributed by atoms with Gasteiger partial charge in [-0.2, -0.15) is 0 Å². The number of hydrogen-bond acceptors (Lipinski definition) is 5. The number of ether oxygens (including phenoxy) is 2. The molecule has 1 unspecified atom stereocenters. The van der Waals surface area contributed by atoms with Crippen molar-refractivity contribution in [2.75, 3.05) is 20.8 Å². The topological polar surface area (TPSA) is 75.1 Å². The zero-order valence-corrected chi connectivity index (χ0v) is 20.2. The van der Waals surface area contributed by atoms with Crippen LogP contribution in [0.2, 0.25) is 0 Å². The molecule has 0 aliphatic carbocycles. The van der Waals surface area contributed by atoms with Crippen molar-refractivity contribution in [2.24, 2.45) is 4.99 Å². The SMILES string of the molecule is CCNC(=NCc1cc(OC)c(O)c(OC)c1)NC(C)Cc1ccc(C)s1.I. The van der Waals surface area contributed by atoms with Crippen LogP contribution in [0.15, 0.2) is 29.3 Å². The second-order valence-electron chi connectivity index (χ2n) is 6.31. The molecule has 1 atom stereocenters. The Balaban J connectivity index is 0.00000392. The molecule has 2 aromatic rings. The lowest BCUT2D eigenvalue weighted by Crippen LogP contribution is -2.43. The van der Waals surface area contributed by atoms with Crippen molar-refractivity contribution in [1.82, 2.24) is 10.6 Å². The molecule has 0 radical (unpaired) electrons. The maximum absolute atomic E-state index is 10.0. The third-order valence-corrected chi connectivity index (χ3v) is 5.01. The molecule has 0 saturated heterocycles. The molecule has 1 aromatic heterocycles. The van der Waals surface area contributed by atoms with E-state index in [-0.39, 0.29) is 35.8 Å². The molecule has 1 heterocycles. The minimum absolute atomic E-state index is 0. The van der Waals surface area contributed by atoms with E-state index in [9.17, 15) is 5.11 Å². The van der Waals surface area contributed by atoms with Crippen molar-refractivity contribution < 1.29 is 14.6 Å². The standard InChI is InChI=1S/C20H29N3O3S.HI/c1-6-21-20(23-13(2)9-16-8-7-14(3)27-16)22-12-15-10-17(25-4)19(24)18(11-15)26-5;/h7-8,10-11,13,24H,6,9,12H2,1-5H3,(H2,21,22,23);1H. The average Bonchev–Trinajstić information content (AvgIpc) is 3.05. The number of aryl methyl sites for hydroxylation is 1. The summed E-state index contributed by atoms with van der Waals surface area (Å²) in [6.07, 6.45) is 0.948. The zero-order chi connectivity index (χ0) is 19.8. The van der Waals surface area contributed by atoms with Gasteiger partial charge in [-0.15, -0.1) is 35.3 Å². The third kappa shape index (κ3) is 7.05. The molecule has 0 spiro atoms. The number of nitrogens with one attached hydrogen (secondary N) is 2. The van der Waals surface area contributed by atoms with Crippen molar-refractivity contribution in [1.29, 1.82) is 0 Å². The van der Waals surface area contributed by atoms with Crippen LogP contribution in [0.1, 0.15) is 29.2 Å².